The molecule has 0 spiro atoms. The van der Waals surface area contributed by atoms with E-state index in [1.807, 2.05) is 23.9 Å². The second-order valence-corrected chi connectivity index (χ2v) is 8.87. The molecule has 1 aromatic carbocycles. The van der Waals surface area contributed by atoms with Gasteiger partial charge < -0.3 is 19.2 Å². The van der Waals surface area contributed by atoms with E-state index in [-0.39, 0.29) is 12.7 Å². The number of nitrogens with zero attached hydrogens (tertiary/aromatic N) is 3. The summed E-state index contributed by atoms with van der Waals surface area (Å²) in [7, 11) is 2.02. The third-order valence-electron chi connectivity index (χ3n) is 7.08. The zero-order valence-corrected chi connectivity index (χ0v) is 18.0. The molecule has 4 atom stereocenters. The highest BCUT2D eigenvalue weighted by molar-refractivity contribution is 5.94. The highest BCUT2D eigenvalue weighted by Crippen LogP contribution is 2.42. The zero-order valence-electron chi connectivity index (χ0n) is 18.0. The van der Waals surface area contributed by atoms with Crippen molar-refractivity contribution in [3.8, 4) is 23.0 Å². The van der Waals surface area contributed by atoms with Crippen molar-refractivity contribution in [3.63, 3.8) is 0 Å². The fraction of sp³-hybridized carbons (Fsp3) is 0.417. The molecular formula is C24H26N4O4. The maximum Gasteiger partial charge on any atom is 0.251 e. The van der Waals surface area contributed by atoms with Gasteiger partial charge in [0.05, 0.1) is 6.26 Å². The number of rotatable bonds is 5. The largest absolute Gasteiger partial charge is 0.463 e. The molecule has 0 aliphatic carbocycles. The molecule has 4 aliphatic heterocycles. The molecule has 1 N–H and O–H groups in total. The fourth-order valence-corrected chi connectivity index (χ4v) is 5.41. The lowest BCUT2D eigenvalue weighted by Gasteiger charge is -2.50. The van der Waals surface area contributed by atoms with Crippen LogP contribution in [0.4, 0.5) is 0 Å². The molecule has 2 aromatic heterocycles. The Labute approximate surface area is 186 Å². The van der Waals surface area contributed by atoms with E-state index in [1.54, 1.807) is 24.5 Å². The van der Waals surface area contributed by atoms with Crippen LogP contribution in [-0.4, -0.2) is 53.1 Å². The maximum absolute atomic E-state index is 12.7. The van der Waals surface area contributed by atoms with E-state index < -0.39 is 0 Å². The van der Waals surface area contributed by atoms with E-state index in [1.165, 1.54) is 12.1 Å². The van der Waals surface area contributed by atoms with Crippen molar-refractivity contribution in [3.05, 3.63) is 53.9 Å². The van der Waals surface area contributed by atoms with Crippen LogP contribution in [0.3, 0.4) is 0 Å². The molecule has 8 heteroatoms. The van der Waals surface area contributed by atoms with Crippen LogP contribution < -0.4 is 14.8 Å². The summed E-state index contributed by atoms with van der Waals surface area (Å²) in [6, 6.07) is 11.7. The normalized spacial score (nSPS) is 25.8. The van der Waals surface area contributed by atoms with Crippen molar-refractivity contribution in [2.24, 2.45) is 13.0 Å². The average Bonchev–Trinajstić information content (AvgIpc) is 3.57. The van der Waals surface area contributed by atoms with Crippen molar-refractivity contribution in [2.75, 3.05) is 26.4 Å². The number of furan rings is 1. The third-order valence-corrected chi connectivity index (χ3v) is 7.08. The number of ether oxygens (including phenoxy) is 2. The summed E-state index contributed by atoms with van der Waals surface area (Å²) in [4.78, 5) is 15.2. The molecule has 6 heterocycles. The average molecular weight is 434 g/mol. The predicted octanol–water partition coefficient (Wildman–Crippen LogP) is 3.02. The first-order chi connectivity index (χ1) is 15.7. The Morgan fingerprint density at radius 3 is 2.94 bits per heavy atom. The van der Waals surface area contributed by atoms with Gasteiger partial charge in [0, 0.05) is 43.4 Å². The van der Waals surface area contributed by atoms with Crippen LogP contribution in [0.2, 0.25) is 0 Å². The number of benzene rings is 1. The van der Waals surface area contributed by atoms with Crippen molar-refractivity contribution in [1.29, 1.82) is 0 Å². The smallest absolute Gasteiger partial charge is 0.251 e. The van der Waals surface area contributed by atoms with Gasteiger partial charge in [0.1, 0.15) is 5.69 Å². The molecule has 1 amide bonds. The summed E-state index contributed by atoms with van der Waals surface area (Å²) in [5.74, 6) is 3.09. The number of fused-ring (bicyclic) bond motifs is 4. The molecule has 8 nitrogen and oxygen atoms in total. The van der Waals surface area contributed by atoms with Crippen molar-refractivity contribution in [2.45, 2.75) is 24.8 Å². The number of amides is 1. The zero-order chi connectivity index (χ0) is 21.7. The van der Waals surface area contributed by atoms with Crippen molar-refractivity contribution >= 4 is 5.91 Å². The topological polar surface area (TPSA) is 81.8 Å². The van der Waals surface area contributed by atoms with Gasteiger partial charge in [0.25, 0.3) is 5.91 Å². The second-order valence-electron chi connectivity index (χ2n) is 8.87. The number of aromatic nitrogens is 2. The summed E-state index contributed by atoms with van der Waals surface area (Å²) in [6.07, 6.45) is 3.94. The van der Waals surface area contributed by atoms with Gasteiger partial charge in [-0.25, -0.2) is 0 Å². The minimum atomic E-state index is -0.0720. The number of nitrogens with one attached hydrogen (secondary N) is 1. The fourth-order valence-electron chi connectivity index (χ4n) is 5.41. The summed E-state index contributed by atoms with van der Waals surface area (Å²) in [5, 5.41) is 7.80. The van der Waals surface area contributed by atoms with Crippen LogP contribution in [-0.2, 0) is 7.05 Å². The van der Waals surface area contributed by atoms with Gasteiger partial charge in [0.2, 0.25) is 6.79 Å². The monoisotopic (exact) mass is 434 g/mol. The highest BCUT2D eigenvalue weighted by atomic mass is 16.7. The number of carbonyl (C=O) groups is 1. The number of carbonyl (C=O) groups excluding carboxylic acids is 1. The molecule has 166 valence electrons. The number of piperidine rings is 3. The molecule has 32 heavy (non-hydrogen) atoms. The Kier molecular flexibility index (Phi) is 4.68. The summed E-state index contributed by atoms with van der Waals surface area (Å²) < 4.78 is 18.2. The lowest BCUT2D eigenvalue weighted by atomic mass is 9.74. The van der Waals surface area contributed by atoms with Crippen LogP contribution >= 0.6 is 0 Å². The first kappa shape index (κ1) is 19.4. The van der Waals surface area contributed by atoms with E-state index >= 15 is 0 Å². The Morgan fingerprint density at radius 1 is 1.22 bits per heavy atom. The Bertz CT molecular complexity index is 1140. The van der Waals surface area contributed by atoms with Crippen molar-refractivity contribution in [1.82, 2.24) is 20.0 Å². The quantitative estimate of drug-likeness (QED) is 0.665. The molecule has 3 fully saturated rings. The highest BCUT2D eigenvalue weighted by Gasteiger charge is 2.42. The van der Waals surface area contributed by atoms with Gasteiger partial charge in [-0.3, -0.25) is 14.4 Å². The lowest BCUT2D eigenvalue weighted by Crippen LogP contribution is -2.56. The van der Waals surface area contributed by atoms with E-state index in [9.17, 15) is 4.79 Å². The van der Waals surface area contributed by atoms with Gasteiger partial charge in [-0.2, -0.15) is 5.10 Å². The Balaban J connectivity index is 1.11. The van der Waals surface area contributed by atoms with E-state index in [4.69, 9.17) is 13.9 Å². The van der Waals surface area contributed by atoms with E-state index in [2.05, 4.69) is 21.4 Å². The third kappa shape index (κ3) is 3.35. The maximum atomic E-state index is 12.7. The Hall–Kier alpha value is -3.26. The number of hydrogen-bond acceptors (Lipinski definition) is 6. The molecule has 0 radical (unpaired) electrons. The van der Waals surface area contributed by atoms with Crippen LogP contribution in [0.25, 0.3) is 11.5 Å². The predicted molar refractivity (Wildman–Crippen MR) is 117 cm³/mol. The van der Waals surface area contributed by atoms with Gasteiger partial charge in [-0.15, -0.1) is 0 Å². The summed E-state index contributed by atoms with van der Waals surface area (Å²) in [5.41, 5.74) is 2.74. The molecular weight excluding hydrogens is 408 g/mol. The SMILES string of the molecule is Cn1nc(-c2ccco2)cc1[C@@H]1CN2CC[C@H]1C[C@@H]2CNC(=O)c1ccc2c(c1)OCO2. The van der Waals surface area contributed by atoms with E-state index in [0.29, 0.717) is 41.5 Å². The minimum absolute atomic E-state index is 0.0720. The van der Waals surface area contributed by atoms with Crippen LogP contribution in [0.15, 0.2) is 47.1 Å². The lowest BCUT2D eigenvalue weighted by molar-refractivity contribution is 0.0280. The Morgan fingerprint density at radius 2 is 2.12 bits per heavy atom. The molecule has 7 rings (SSSR count). The first-order valence-electron chi connectivity index (χ1n) is 11.2. The molecule has 1 unspecified atom stereocenters. The van der Waals surface area contributed by atoms with Gasteiger partial charge in [-0.1, -0.05) is 0 Å². The van der Waals surface area contributed by atoms with Crippen LogP contribution in [0, 0.1) is 5.92 Å². The minimum Gasteiger partial charge on any atom is -0.463 e. The van der Waals surface area contributed by atoms with Gasteiger partial charge in [-0.05, 0) is 61.7 Å². The molecule has 2 bridgehead atoms. The standard InChI is InChI=1S/C24H26N4O4/c1-27-20(11-19(26-27)21-3-2-8-30-21)18-13-28-7-6-15(18)9-17(28)12-25-24(29)16-4-5-22-23(10-16)32-14-31-22/h2-5,8,10-11,15,17-18H,6-7,9,12-14H2,1H3,(H,25,29)/t15-,17+,18+/m0/s1. The molecule has 0 saturated carbocycles. The van der Waals surface area contributed by atoms with Crippen LogP contribution in [0.5, 0.6) is 11.5 Å². The number of aryl methyl sites for hydroxylation is 1. The second kappa shape index (κ2) is 7.70. The molecule has 4 aliphatic rings. The van der Waals surface area contributed by atoms with Gasteiger partial charge >= 0.3 is 0 Å². The first-order valence-corrected chi connectivity index (χ1v) is 11.2. The van der Waals surface area contributed by atoms with Crippen LogP contribution in [0.1, 0.15) is 34.8 Å². The summed E-state index contributed by atoms with van der Waals surface area (Å²) in [6.45, 7) is 2.93. The molecule has 3 saturated heterocycles. The molecule has 3 aromatic rings. The number of hydrogen-bond donors (Lipinski definition) is 1. The van der Waals surface area contributed by atoms with E-state index in [0.717, 1.165) is 31.0 Å². The van der Waals surface area contributed by atoms with Crippen molar-refractivity contribution < 1.29 is 18.7 Å². The summed E-state index contributed by atoms with van der Waals surface area (Å²) >= 11 is 0. The van der Waals surface area contributed by atoms with Gasteiger partial charge in [0.15, 0.2) is 17.3 Å².